The quantitative estimate of drug-likeness (QED) is 0.0314. The van der Waals surface area contributed by atoms with Crippen LogP contribution in [0.2, 0.25) is 10.0 Å². The monoisotopic (exact) mass is 1020 g/mol. The van der Waals surface area contributed by atoms with E-state index >= 15 is 0 Å². The van der Waals surface area contributed by atoms with E-state index in [1.54, 1.807) is 36.4 Å². The largest absolute Gasteiger partial charge is 0.496 e. The molecule has 354 valence electrons. The second kappa shape index (κ2) is 25.1. The summed E-state index contributed by atoms with van der Waals surface area (Å²) in [6, 6.07) is 19.8. The van der Waals surface area contributed by atoms with Gasteiger partial charge in [-0.1, -0.05) is 35.3 Å². The maximum absolute atomic E-state index is 13.5. The van der Waals surface area contributed by atoms with E-state index < -0.39 is 47.3 Å². The molecule has 5 aromatic rings. The zero-order valence-electron chi connectivity index (χ0n) is 36.8. The average Bonchev–Trinajstić information content (AvgIpc) is 3.30. The maximum Gasteiger partial charge on any atom is 0.258 e. The van der Waals surface area contributed by atoms with E-state index in [4.69, 9.17) is 67.5 Å². The number of ether oxygens (including phenoxy) is 2. The summed E-state index contributed by atoms with van der Waals surface area (Å²) in [5, 5.41) is 27.2. The van der Waals surface area contributed by atoms with Gasteiger partial charge in [0.2, 0.25) is 12.1 Å². The molecule has 0 saturated carbocycles. The van der Waals surface area contributed by atoms with Crippen molar-refractivity contribution in [1.82, 2.24) is 0 Å². The molecular formula is C47H43Cl5N8O8. The summed E-state index contributed by atoms with van der Waals surface area (Å²) >= 11 is 30.9. The Labute approximate surface area is 416 Å². The normalized spacial score (nSPS) is 12.0. The molecule has 0 radical (unpaired) electrons. The Hall–Kier alpha value is -6.43. The lowest BCUT2D eigenvalue weighted by molar-refractivity contribution is -0.127. The first kappa shape index (κ1) is 52.5. The molecule has 0 aromatic heterocycles. The third kappa shape index (κ3) is 14.1. The van der Waals surface area contributed by atoms with Gasteiger partial charge in [-0.25, -0.2) is 0 Å². The number of nitrogens with zero attached hydrogens (tertiary/aromatic N) is 4. The highest BCUT2D eigenvalue weighted by Gasteiger charge is 2.26. The lowest BCUT2D eigenvalue weighted by Gasteiger charge is -2.15. The molecular weight excluding hydrogens is 982 g/mol. The van der Waals surface area contributed by atoms with Crippen LogP contribution >= 0.6 is 58.0 Å². The van der Waals surface area contributed by atoms with E-state index in [1.165, 1.54) is 68.8 Å². The van der Waals surface area contributed by atoms with Crippen molar-refractivity contribution in [1.29, 1.82) is 0 Å². The van der Waals surface area contributed by atoms with Gasteiger partial charge in [-0.3, -0.25) is 28.8 Å². The topological polar surface area (TPSA) is 218 Å². The summed E-state index contributed by atoms with van der Waals surface area (Å²) in [6.45, 7) is 2.31. The number of nitrogens with one attached hydrogen (secondary N) is 4. The molecule has 0 aliphatic carbocycles. The van der Waals surface area contributed by atoms with Gasteiger partial charge in [0.15, 0.2) is 11.6 Å². The molecule has 0 bridgehead atoms. The van der Waals surface area contributed by atoms with E-state index in [9.17, 15) is 28.8 Å². The highest BCUT2D eigenvalue weighted by atomic mass is 35.5. The van der Waals surface area contributed by atoms with E-state index in [1.807, 2.05) is 0 Å². The number of alkyl halides is 3. The van der Waals surface area contributed by atoms with Crippen molar-refractivity contribution in [3.8, 4) is 11.5 Å². The predicted molar refractivity (Wildman–Crippen MR) is 265 cm³/mol. The summed E-state index contributed by atoms with van der Waals surface area (Å²) in [4.78, 5) is 78.8. The molecule has 0 heterocycles. The standard InChI is InChI=1S/C47H43Cl5N8O8/c1-25(61)42(59-57-33-19-27(17-30(51)22-33)44(63)55-38-7-5-9-40(67-3)35(38)13-15-48)46(65)53-32-11-12-37(29(21-32)24-50)54-47(66)43(26(2)62)60-58-34-20-28(18-31(52)23-34)45(64)56-39-8-6-10-41(68-4)36(39)14-16-49/h5-12,17-23,42-43H,13-16,24H2,1-4H3,(H,53,65)(H,54,66)(H,55,63)(H,56,64). The van der Waals surface area contributed by atoms with Crippen LogP contribution in [0, 0.1) is 0 Å². The van der Waals surface area contributed by atoms with Gasteiger partial charge in [-0.2, -0.15) is 20.5 Å². The van der Waals surface area contributed by atoms with Gasteiger partial charge in [0, 0.05) is 72.7 Å². The first-order valence-electron chi connectivity index (χ1n) is 20.4. The Morgan fingerprint density at radius 2 is 1.01 bits per heavy atom. The van der Waals surface area contributed by atoms with Crippen LogP contribution in [0.15, 0.2) is 111 Å². The molecule has 2 atom stereocenters. The smallest absolute Gasteiger partial charge is 0.258 e. The van der Waals surface area contributed by atoms with Crippen molar-refractivity contribution < 1.29 is 38.2 Å². The molecule has 4 N–H and O–H groups in total. The van der Waals surface area contributed by atoms with Crippen molar-refractivity contribution >= 4 is 127 Å². The summed E-state index contributed by atoms with van der Waals surface area (Å²) in [5.74, 6) is -2.54. The second-order valence-electron chi connectivity index (χ2n) is 14.6. The molecule has 0 spiro atoms. The Bertz CT molecular complexity index is 2790. The number of carbonyl (C=O) groups is 6. The third-order valence-electron chi connectivity index (χ3n) is 9.80. The van der Waals surface area contributed by atoms with Gasteiger partial charge in [0.05, 0.1) is 25.6 Å². The minimum Gasteiger partial charge on any atom is -0.496 e. The lowest BCUT2D eigenvalue weighted by Crippen LogP contribution is -2.32. The van der Waals surface area contributed by atoms with E-state index in [0.29, 0.717) is 52.4 Å². The zero-order valence-corrected chi connectivity index (χ0v) is 40.6. The third-order valence-corrected chi connectivity index (χ3v) is 10.9. The number of amides is 4. The minimum atomic E-state index is -1.63. The van der Waals surface area contributed by atoms with E-state index in [-0.39, 0.29) is 61.6 Å². The van der Waals surface area contributed by atoms with Gasteiger partial charge in [-0.05, 0) is 111 Å². The van der Waals surface area contributed by atoms with Crippen LogP contribution in [0.3, 0.4) is 0 Å². The Kier molecular flexibility index (Phi) is 19.4. The number of ketones is 2. The first-order valence-corrected chi connectivity index (χ1v) is 22.8. The van der Waals surface area contributed by atoms with E-state index in [2.05, 4.69) is 41.7 Å². The average molecular weight is 1030 g/mol. The fourth-order valence-corrected chi connectivity index (χ4v) is 7.63. The number of hydrogen-bond acceptors (Lipinski definition) is 12. The SMILES string of the molecule is COc1cccc(NC(=O)c2cc(Cl)cc(N=NC(C(C)=O)C(=O)Nc3ccc(NC(=O)C(N=Nc4cc(Cl)cc(C(=O)Nc5cccc(OC)c5CCCl)c4)C(C)=O)c(CCl)c3)c2)c1CCCl. The number of halogens is 5. The van der Waals surface area contributed by atoms with Gasteiger partial charge in [-0.15, -0.1) is 34.8 Å². The Balaban J connectivity index is 1.27. The molecule has 0 fully saturated rings. The number of anilines is 4. The van der Waals surface area contributed by atoms with Crippen molar-refractivity contribution in [3.05, 3.63) is 129 Å². The number of Topliss-reactive ketones (excluding diaryl/α,β-unsaturated/α-hetero) is 2. The number of hydrogen-bond donors (Lipinski definition) is 4. The summed E-state index contributed by atoms with van der Waals surface area (Å²) in [5.41, 5.74) is 3.47. The molecule has 0 aliphatic rings. The van der Waals surface area contributed by atoms with Crippen LogP contribution < -0.4 is 30.7 Å². The predicted octanol–water partition coefficient (Wildman–Crippen LogP) is 11.2. The molecule has 5 aromatic carbocycles. The van der Waals surface area contributed by atoms with Crippen LogP contribution in [0.25, 0.3) is 0 Å². The van der Waals surface area contributed by atoms with E-state index in [0.717, 1.165) is 13.8 Å². The van der Waals surface area contributed by atoms with Crippen LogP contribution in [0.5, 0.6) is 11.5 Å². The highest BCUT2D eigenvalue weighted by Crippen LogP contribution is 2.31. The van der Waals surface area contributed by atoms with Crippen LogP contribution in [-0.4, -0.2) is 73.3 Å². The van der Waals surface area contributed by atoms with Gasteiger partial charge in [0.25, 0.3) is 23.6 Å². The fraction of sp³-hybridized carbons (Fsp3) is 0.234. The molecule has 0 aliphatic heterocycles. The van der Waals surface area contributed by atoms with Gasteiger partial charge in [0.1, 0.15) is 11.5 Å². The van der Waals surface area contributed by atoms with Crippen molar-refractivity contribution in [3.63, 3.8) is 0 Å². The molecule has 16 nitrogen and oxygen atoms in total. The molecule has 0 saturated heterocycles. The van der Waals surface area contributed by atoms with Crippen LogP contribution in [0.1, 0.15) is 51.3 Å². The number of rotatable bonds is 21. The second-order valence-corrected chi connectivity index (χ2v) is 16.5. The fourth-order valence-electron chi connectivity index (χ4n) is 6.57. The number of benzene rings is 5. The number of methoxy groups -OCH3 is 2. The summed E-state index contributed by atoms with van der Waals surface area (Å²) in [6.07, 6.45) is 0.856. The summed E-state index contributed by atoms with van der Waals surface area (Å²) < 4.78 is 10.8. The maximum atomic E-state index is 13.5. The first-order chi connectivity index (χ1) is 32.6. The zero-order chi connectivity index (χ0) is 49.5. The van der Waals surface area contributed by atoms with Crippen molar-refractivity contribution in [2.75, 3.05) is 47.2 Å². The van der Waals surface area contributed by atoms with Gasteiger partial charge < -0.3 is 30.7 Å². The van der Waals surface area contributed by atoms with Gasteiger partial charge >= 0.3 is 0 Å². The van der Waals surface area contributed by atoms with Crippen molar-refractivity contribution in [2.24, 2.45) is 20.5 Å². The summed E-state index contributed by atoms with van der Waals surface area (Å²) in [7, 11) is 3.02. The number of carbonyl (C=O) groups excluding carboxylic acids is 6. The Morgan fingerprint density at radius 1 is 0.559 bits per heavy atom. The number of azo groups is 2. The molecule has 5 rings (SSSR count). The molecule has 68 heavy (non-hydrogen) atoms. The molecule has 4 amide bonds. The van der Waals surface area contributed by atoms with Crippen LogP contribution in [-0.2, 0) is 37.9 Å². The Morgan fingerprint density at radius 3 is 1.43 bits per heavy atom. The lowest BCUT2D eigenvalue weighted by atomic mass is 10.1. The minimum absolute atomic E-state index is 0.0839. The molecule has 2 unspecified atom stereocenters. The van der Waals surface area contributed by atoms with Crippen molar-refractivity contribution in [2.45, 2.75) is 44.7 Å². The molecule has 21 heteroatoms. The highest BCUT2D eigenvalue weighted by molar-refractivity contribution is 6.32. The van der Waals surface area contributed by atoms with Crippen LogP contribution in [0.4, 0.5) is 34.1 Å².